The van der Waals surface area contributed by atoms with E-state index >= 15 is 0 Å². The molecule has 2 bridgehead atoms. The number of rotatable bonds is 4. The number of aromatic nitrogens is 1. The standard InChI is InChI=1S/C16H19N3OS3/c1-10-14(11-4-7-19(10)8-5-11)18-15(20)12-2-3-13(22-12)23-16-17-6-9-21-16/h2-3,6,9-11,14H,4-5,7-8H2,1H3,(H,18,20). The molecule has 23 heavy (non-hydrogen) atoms. The Balaban J connectivity index is 1.42. The summed E-state index contributed by atoms with van der Waals surface area (Å²) in [5, 5.41) is 5.27. The maximum atomic E-state index is 12.6. The molecule has 0 radical (unpaired) electrons. The zero-order valence-electron chi connectivity index (χ0n) is 12.9. The first-order valence-corrected chi connectivity index (χ1v) is 10.4. The summed E-state index contributed by atoms with van der Waals surface area (Å²) in [6.07, 6.45) is 4.23. The van der Waals surface area contributed by atoms with Crippen molar-refractivity contribution in [2.45, 2.75) is 40.4 Å². The molecule has 3 aliphatic rings. The predicted octanol–water partition coefficient (Wildman–Crippen LogP) is 3.57. The second-order valence-corrected chi connectivity index (χ2v) is 9.66. The minimum Gasteiger partial charge on any atom is -0.347 e. The van der Waals surface area contributed by atoms with E-state index in [1.165, 1.54) is 25.9 Å². The molecule has 122 valence electrons. The van der Waals surface area contributed by atoms with E-state index in [1.807, 2.05) is 23.7 Å². The third kappa shape index (κ3) is 3.20. The van der Waals surface area contributed by atoms with Crippen LogP contribution in [0.25, 0.3) is 0 Å². The average molecular weight is 366 g/mol. The van der Waals surface area contributed by atoms with Crippen LogP contribution in [0.3, 0.4) is 0 Å². The molecule has 2 atom stereocenters. The second-order valence-electron chi connectivity index (χ2n) is 6.13. The molecule has 5 heterocycles. The number of amides is 1. The fraction of sp³-hybridized carbons (Fsp3) is 0.500. The predicted molar refractivity (Wildman–Crippen MR) is 95.6 cm³/mol. The summed E-state index contributed by atoms with van der Waals surface area (Å²) < 4.78 is 2.14. The van der Waals surface area contributed by atoms with Crippen molar-refractivity contribution < 1.29 is 4.79 Å². The summed E-state index contributed by atoms with van der Waals surface area (Å²) in [6.45, 7) is 4.62. The van der Waals surface area contributed by atoms with Gasteiger partial charge >= 0.3 is 0 Å². The normalized spacial score (nSPS) is 29.6. The van der Waals surface area contributed by atoms with Crippen LogP contribution in [-0.4, -0.2) is 41.0 Å². The topological polar surface area (TPSA) is 45.2 Å². The Morgan fingerprint density at radius 2 is 2.22 bits per heavy atom. The lowest BCUT2D eigenvalue weighted by Crippen LogP contribution is -2.62. The number of hydrogen-bond acceptors (Lipinski definition) is 6. The number of thiazole rings is 1. The molecule has 0 aliphatic carbocycles. The van der Waals surface area contributed by atoms with E-state index in [0.717, 1.165) is 13.4 Å². The Morgan fingerprint density at radius 3 is 2.91 bits per heavy atom. The van der Waals surface area contributed by atoms with Gasteiger partial charge in [0.15, 0.2) is 4.34 Å². The molecule has 3 fully saturated rings. The summed E-state index contributed by atoms with van der Waals surface area (Å²) in [7, 11) is 0. The summed E-state index contributed by atoms with van der Waals surface area (Å²) in [6, 6.07) is 4.70. The van der Waals surface area contributed by atoms with E-state index in [2.05, 4.69) is 22.1 Å². The molecular weight excluding hydrogens is 346 g/mol. The van der Waals surface area contributed by atoms with Gasteiger partial charge in [0.05, 0.1) is 9.09 Å². The molecule has 7 heteroatoms. The first-order valence-electron chi connectivity index (χ1n) is 7.93. The van der Waals surface area contributed by atoms with Crippen molar-refractivity contribution in [3.8, 4) is 0 Å². The highest BCUT2D eigenvalue weighted by molar-refractivity contribution is 8.02. The van der Waals surface area contributed by atoms with E-state index in [0.29, 0.717) is 18.0 Å². The highest BCUT2D eigenvalue weighted by Crippen LogP contribution is 2.35. The van der Waals surface area contributed by atoms with Crippen molar-refractivity contribution in [2.75, 3.05) is 13.1 Å². The summed E-state index contributed by atoms with van der Waals surface area (Å²) in [5.41, 5.74) is 0. The quantitative estimate of drug-likeness (QED) is 0.900. The molecule has 0 aromatic carbocycles. The fourth-order valence-corrected chi connectivity index (χ4v) is 6.49. The van der Waals surface area contributed by atoms with Crippen LogP contribution in [0.4, 0.5) is 0 Å². The lowest BCUT2D eigenvalue weighted by Gasteiger charge is -2.49. The van der Waals surface area contributed by atoms with E-state index in [4.69, 9.17) is 0 Å². The minimum atomic E-state index is 0.0755. The fourth-order valence-electron chi connectivity index (χ4n) is 3.61. The van der Waals surface area contributed by atoms with Gasteiger partial charge in [-0.15, -0.1) is 22.7 Å². The molecule has 2 aromatic rings. The molecule has 2 aromatic heterocycles. The largest absolute Gasteiger partial charge is 0.347 e. The van der Waals surface area contributed by atoms with Crippen molar-refractivity contribution in [1.82, 2.24) is 15.2 Å². The average Bonchev–Trinajstić information content (AvgIpc) is 3.23. The Bertz CT molecular complexity index is 675. The van der Waals surface area contributed by atoms with Crippen molar-refractivity contribution in [3.63, 3.8) is 0 Å². The van der Waals surface area contributed by atoms with Crippen LogP contribution in [0.15, 0.2) is 32.3 Å². The van der Waals surface area contributed by atoms with Gasteiger partial charge in [0, 0.05) is 23.7 Å². The molecule has 3 saturated heterocycles. The van der Waals surface area contributed by atoms with E-state index < -0.39 is 0 Å². The maximum Gasteiger partial charge on any atom is 0.261 e. The number of carbonyl (C=O) groups excluding carboxylic acids is 1. The summed E-state index contributed by atoms with van der Waals surface area (Å²) >= 11 is 4.81. The van der Waals surface area contributed by atoms with Crippen LogP contribution in [0.1, 0.15) is 29.4 Å². The third-order valence-corrected chi connectivity index (χ3v) is 7.98. The Hall–Kier alpha value is -0.890. The first kappa shape index (κ1) is 15.6. The second kappa shape index (κ2) is 6.55. The number of nitrogens with zero attached hydrogens (tertiary/aromatic N) is 2. The van der Waals surface area contributed by atoms with Gasteiger partial charge in [0.25, 0.3) is 5.91 Å². The molecule has 0 saturated carbocycles. The Kier molecular flexibility index (Phi) is 4.45. The van der Waals surface area contributed by atoms with Crippen molar-refractivity contribution in [1.29, 1.82) is 0 Å². The first-order chi connectivity index (χ1) is 11.2. The maximum absolute atomic E-state index is 12.6. The lowest BCUT2D eigenvalue weighted by molar-refractivity contribution is 0.0218. The number of piperidine rings is 3. The molecule has 1 amide bonds. The van der Waals surface area contributed by atoms with Crippen LogP contribution in [0.5, 0.6) is 0 Å². The molecule has 1 N–H and O–H groups in total. The lowest BCUT2D eigenvalue weighted by atomic mass is 9.79. The van der Waals surface area contributed by atoms with Crippen molar-refractivity contribution in [3.05, 3.63) is 28.6 Å². The van der Waals surface area contributed by atoms with Crippen molar-refractivity contribution >= 4 is 40.3 Å². The zero-order chi connectivity index (χ0) is 15.8. The molecule has 2 unspecified atom stereocenters. The van der Waals surface area contributed by atoms with Gasteiger partial charge in [-0.05, 0) is 62.7 Å². The van der Waals surface area contributed by atoms with Crippen LogP contribution >= 0.6 is 34.4 Å². The SMILES string of the molecule is CC1C(NC(=O)c2ccc(Sc3nccs3)s2)C2CCN1CC2. The van der Waals surface area contributed by atoms with Gasteiger partial charge in [-0.3, -0.25) is 9.69 Å². The van der Waals surface area contributed by atoms with Crippen LogP contribution < -0.4 is 5.32 Å². The smallest absolute Gasteiger partial charge is 0.261 e. The number of thiophene rings is 1. The van der Waals surface area contributed by atoms with Crippen LogP contribution in [0.2, 0.25) is 0 Å². The number of fused-ring (bicyclic) bond motifs is 3. The third-order valence-electron chi connectivity index (χ3n) is 4.88. The molecular formula is C16H19N3OS3. The molecule has 3 aliphatic heterocycles. The zero-order valence-corrected chi connectivity index (χ0v) is 15.3. The Morgan fingerprint density at radius 1 is 1.39 bits per heavy atom. The number of hydrogen-bond donors (Lipinski definition) is 1. The van der Waals surface area contributed by atoms with Gasteiger partial charge in [0.1, 0.15) is 0 Å². The van der Waals surface area contributed by atoms with Gasteiger partial charge in [-0.25, -0.2) is 4.98 Å². The van der Waals surface area contributed by atoms with Gasteiger partial charge in [-0.2, -0.15) is 0 Å². The Labute approximate surface area is 148 Å². The van der Waals surface area contributed by atoms with Crippen LogP contribution in [0, 0.1) is 5.92 Å². The van der Waals surface area contributed by atoms with Gasteiger partial charge in [0.2, 0.25) is 0 Å². The van der Waals surface area contributed by atoms with E-state index in [1.54, 1.807) is 34.4 Å². The molecule has 5 rings (SSSR count). The van der Waals surface area contributed by atoms with Gasteiger partial charge < -0.3 is 5.32 Å². The number of carbonyl (C=O) groups is 1. The highest BCUT2D eigenvalue weighted by Gasteiger charge is 2.40. The summed E-state index contributed by atoms with van der Waals surface area (Å²) in [4.78, 5) is 20.2. The van der Waals surface area contributed by atoms with Crippen LogP contribution in [-0.2, 0) is 0 Å². The van der Waals surface area contributed by atoms with Crippen molar-refractivity contribution in [2.24, 2.45) is 5.92 Å². The monoisotopic (exact) mass is 365 g/mol. The van der Waals surface area contributed by atoms with E-state index in [9.17, 15) is 4.79 Å². The minimum absolute atomic E-state index is 0.0755. The highest BCUT2D eigenvalue weighted by atomic mass is 32.2. The van der Waals surface area contributed by atoms with Gasteiger partial charge in [-0.1, -0.05) is 0 Å². The molecule has 0 spiro atoms. The summed E-state index contributed by atoms with van der Waals surface area (Å²) in [5.74, 6) is 0.717. The molecule has 4 nitrogen and oxygen atoms in total. The van der Waals surface area contributed by atoms with E-state index in [-0.39, 0.29) is 5.91 Å². The number of nitrogens with one attached hydrogen (secondary N) is 1.